The number of thioether (sulfide) groups is 1. The van der Waals surface area contributed by atoms with Gasteiger partial charge in [0.1, 0.15) is 6.04 Å². The SMILES string of the molecule is C=CCCCCOC(=O)[C@H]1[C@H]2C(=O)N([C@@H](CO)C(C)C)C(C(=O)N(CC=C)c3ccccc3Cl)C23CC[C@]1(C)S3. The lowest BCUT2D eigenvalue weighted by Gasteiger charge is -2.40. The molecular weight excluding hydrogens is 548 g/mol. The van der Waals surface area contributed by atoms with Crippen LogP contribution >= 0.6 is 23.4 Å². The Kier molecular flexibility index (Phi) is 9.42. The highest BCUT2D eigenvalue weighted by Crippen LogP contribution is 2.72. The van der Waals surface area contributed by atoms with Crippen LogP contribution in [-0.4, -0.2) is 69.1 Å². The van der Waals surface area contributed by atoms with Crippen LogP contribution in [0.15, 0.2) is 49.6 Å². The predicted molar refractivity (Wildman–Crippen MR) is 160 cm³/mol. The molecule has 0 aromatic heterocycles. The molecule has 1 N–H and O–H groups in total. The summed E-state index contributed by atoms with van der Waals surface area (Å²) in [5.41, 5.74) is 0.533. The number of carbonyl (C=O) groups is 3. The van der Waals surface area contributed by atoms with Gasteiger partial charge < -0.3 is 19.6 Å². The Morgan fingerprint density at radius 3 is 2.60 bits per heavy atom. The second kappa shape index (κ2) is 12.3. The summed E-state index contributed by atoms with van der Waals surface area (Å²) < 4.78 is 4.40. The third-order valence-corrected chi connectivity index (χ3v) is 11.1. The molecule has 3 aliphatic heterocycles. The van der Waals surface area contributed by atoms with Crippen molar-refractivity contribution in [1.29, 1.82) is 0 Å². The number of anilines is 1. The zero-order valence-corrected chi connectivity index (χ0v) is 25.3. The fraction of sp³-hybridized carbons (Fsp3) is 0.581. The molecule has 9 heteroatoms. The molecule has 7 nitrogen and oxygen atoms in total. The minimum absolute atomic E-state index is 0.110. The van der Waals surface area contributed by atoms with E-state index in [2.05, 4.69) is 13.2 Å². The molecule has 1 aromatic carbocycles. The molecule has 3 heterocycles. The van der Waals surface area contributed by atoms with Gasteiger partial charge in [0.25, 0.3) is 5.91 Å². The summed E-state index contributed by atoms with van der Waals surface area (Å²) in [6.45, 7) is 13.7. The van der Waals surface area contributed by atoms with Gasteiger partial charge in [-0.25, -0.2) is 0 Å². The van der Waals surface area contributed by atoms with Crippen molar-refractivity contribution < 1.29 is 24.2 Å². The molecule has 3 fully saturated rings. The van der Waals surface area contributed by atoms with Crippen LogP contribution in [0.1, 0.15) is 52.9 Å². The van der Waals surface area contributed by atoms with E-state index in [1.165, 1.54) is 0 Å². The Labute approximate surface area is 246 Å². The van der Waals surface area contributed by atoms with E-state index in [-0.39, 0.29) is 43.5 Å². The van der Waals surface area contributed by atoms with Crippen LogP contribution in [0.4, 0.5) is 5.69 Å². The number of fused-ring (bicyclic) bond motifs is 1. The topological polar surface area (TPSA) is 87.1 Å². The van der Waals surface area contributed by atoms with Crippen LogP contribution in [-0.2, 0) is 19.1 Å². The molecule has 2 bridgehead atoms. The number of esters is 1. The highest BCUT2D eigenvalue weighted by atomic mass is 35.5. The van der Waals surface area contributed by atoms with Gasteiger partial charge in [0, 0.05) is 11.3 Å². The van der Waals surface area contributed by atoms with Gasteiger partial charge in [-0.1, -0.05) is 49.7 Å². The Morgan fingerprint density at radius 1 is 1.25 bits per heavy atom. The highest BCUT2D eigenvalue weighted by molar-refractivity contribution is 8.02. The van der Waals surface area contributed by atoms with Crippen LogP contribution < -0.4 is 4.90 Å². The van der Waals surface area contributed by atoms with Crippen molar-refractivity contribution in [2.45, 2.75) is 74.5 Å². The molecular formula is C31H41ClN2O5S. The molecule has 2 unspecified atom stereocenters. The number of aliphatic hydroxyl groups is 1. The monoisotopic (exact) mass is 588 g/mol. The average molecular weight is 589 g/mol. The lowest BCUT2D eigenvalue weighted by Crippen LogP contribution is -2.58. The number of ether oxygens (including phenoxy) is 1. The number of amides is 2. The smallest absolute Gasteiger partial charge is 0.311 e. The summed E-state index contributed by atoms with van der Waals surface area (Å²) in [7, 11) is 0. The first-order chi connectivity index (χ1) is 19.1. The molecule has 40 heavy (non-hydrogen) atoms. The molecule has 0 aliphatic carbocycles. The first-order valence-electron chi connectivity index (χ1n) is 14.2. The molecule has 218 valence electrons. The zero-order valence-electron chi connectivity index (χ0n) is 23.7. The largest absolute Gasteiger partial charge is 0.465 e. The van der Waals surface area contributed by atoms with E-state index in [0.29, 0.717) is 23.6 Å². The third-order valence-electron chi connectivity index (χ3n) is 8.78. The van der Waals surface area contributed by atoms with Gasteiger partial charge in [0.2, 0.25) is 5.91 Å². The van der Waals surface area contributed by atoms with Crippen molar-refractivity contribution in [3.63, 3.8) is 0 Å². The van der Waals surface area contributed by atoms with Crippen molar-refractivity contribution in [2.24, 2.45) is 17.8 Å². The molecule has 1 spiro atoms. The van der Waals surface area contributed by atoms with Gasteiger partial charge in [-0.3, -0.25) is 14.4 Å². The fourth-order valence-electron chi connectivity index (χ4n) is 6.89. The number of carbonyl (C=O) groups excluding carboxylic acids is 3. The number of benzene rings is 1. The van der Waals surface area contributed by atoms with E-state index in [1.807, 2.05) is 32.9 Å². The van der Waals surface area contributed by atoms with Crippen LogP contribution in [0.25, 0.3) is 0 Å². The van der Waals surface area contributed by atoms with Crippen LogP contribution in [0.2, 0.25) is 5.02 Å². The number of rotatable bonds is 13. The lowest BCUT2D eigenvalue weighted by molar-refractivity contribution is -0.156. The highest BCUT2D eigenvalue weighted by Gasteiger charge is 2.78. The summed E-state index contributed by atoms with van der Waals surface area (Å²) >= 11 is 8.13. The van der Waals surface area contributed by atoms with E-state index in [9.17, 15) is 19.5 Å². The number of para-hydroxylation sites is 1. The number of aliphatic hydroxyl groups excluding tert-OH is 1. The fourth-order valence-corrected chi connectivity index (χ4v) is 9.45. The maximum atomic E-state index is 14.7. The normalized spacial score (nSPS) is 29.4. The minimum Gasteiger partial charge on any atom is -0.465 e. The average Bonchev–Trinajstić information content (AvgIpc) is 3.48. The van der Waals surface area contributed by atoms with Gasteiger partial charge in [0.15, 0.2) is 0 Å². The van der Waals surface area contributed by atoms with Crippen molar-refractivity contribution >= 4 is 46.8 Å². The molecule has 3 aliphatic rings. The standard InChI is InChI=1S/C31H41ClN2O5S/c1-6-8-9-12-18-39-29(38)25-24-27(36)34(23(19-35)20(3)4)26(31(24)16-15-30(25,5)40-31)28(37)33(17-7-2)22-14-11-10-13-21(22)32/h6-7,10-11,13-14,20,23-26,35H,1-2,8-9,12,15-19H2,3-5H3/t23-,24-,25+,26?,30-,31?/m0/s1. The number of hydrogen-bond donors (Lipinski definition) is 1. The molecule has 2 amide bonds. The Balaban J connectivity index is 1.77. The van der Waals surface area contributed by atoms with Crippen molar-refractivity contribution in [3.05, 3.63) is 54.6 Å². The van der Waals surface area contributed by atoms with E-state index in [4.69, 9.17) is 16.3 Å². The Hall–Kier alpha value is -2.29. The summed E-state index contributed by atoms with van der Waals surface area (Å²) in [4.78, 5) is 45.9. The quantitative estimate of drug-likeness (QED) is 0.192. The minimum atomic E-state index is -0.877. The maximum absolute atomic E-state index is 14.7. The van der Waals surface area contributed by atoms with E-state index < -0.39 is 33.4 Å². The zero-order chi connectivity index (χ0) is 29.2. The van der Waals surface area contributed by atoms with E-state index in [0.717, 1.165) is 19.3 Å². The van der Waals surface area contributed by atoms with Gasteiger partial charge in [0.05, 0.1) is 46.5 Å². The van der Waals surface area contributed by atoms with Gasteiger partial charge in [-0.05, 0) is 57.1 Å². The summed E-state index contributed by atoms with van der Waals surface area (Å²) in [6.07, 6.45) is 7.22. The lowest BCUT2D eigenvalue weighted by atomic mass is 9.66. The van der Waals surface area contributed by atoms with Crippen LogP contribution in [0.5, 0.6) is 0 Å². The van der Waals surface area contributed by atoms with Crippen molar-refractivity contribution in [1.82, 2.24) is 4.90 Å². The van der Waals surface area contributed by atoms with Gasteiger partial charge in [-0.2, -0.15) is 0 Å². The third kappa shape index (κ3) is 5.12. The first-order valence-corrected chi connectivity index (χ1v) is 15.3. The Bertz CT molecular complexity index is 1160. The number of halogens is 1. The van der Waals surface area contributed by atoms with Gasteiger partial charge in [-0.15, -0.1) is 24.9 Å². The van der Waals surface area contributed by atoms with Crippen molar-refractivity contribution in [3.8, 4) is 0 Å². The number of hydrogen-bond acceptors (Lipinski definition) is 6. The first kappa shape index (κ1) is 30.7. The number of likely N-dealkylation sites (tertiary alicyclic amines) is 1. The molecule has 6 atom stereocenters. The summed E-state index contributed by atoms with van der Waals surface area (Å²) in [6, 6.07) is 5.65. The summed E-state index contributed by atoms with van der Waals surface area (Å²) in [5, 5.41) is 10.9. The molecule has 0 saturated carbocycles. The number of unbranched alkanes of at least 4 members (excludes halogenated alkanes) is 2. The molecule has 1 aromatic rings. The molecule has 4 rings (SSSR count). The van der Waals surface area contributed by atoms with E-state index in [1.54, 1.807) is 45.8 Å². The second-order valence-electron chi connectivity index (χ2n) is 11.6. The summed E-state index contributed by atoms with van der Waals surface area (Å²) in [5.74, 6) is -2.40. The van der Waals surface area contributed by atoms with E-state index >= 15 is 0 Å². The Morgan fingerprint density at radius 2 is 1.98 bits per heavy atom. The van der Waals surface area contributed by atoms with Crippen LogP contribution in [0, 0.1) is 17.8 Å². The van der Waals surface area contributed by atoms with Gasteiger partial charge >= 0.3 is 5.97 Å². The number of nitrogens with zero attached hydrogens (tertiary/aromatic N) is 2. The maximum Gasteiger partial charge on any atom is 0.311 e. The van der Waals surface area contributed by atoms with Crippen LogP contribution in [0.3, 0.4) is 0 Å². The van der Waals surface area contributed by atoms with Crippen molar-refractivity contribution in [2.75, 3.05) is 24.7 Å². The predicted octanol–water partition coefficient (Wildman–Crippen LogP) is 5.26. The molecule has 0 radical (unpaired) electrons. The second-order valence-corrected chi connectivity index (χ2v) is 13.9. The molecule has 3 saturated heterocycles. The number of allylic oxidation sites excluding steroid dienone is 1.